The molecule has 0 aromatic carbocycles. The van der Waals surface area contributed by atoms with Crippen molar-refractivity contribution in [3.05, 3.63) is 0 Å². The van der Waals surface area contributed by atoms with Crippen molar-refractivity contribution >= 4 is 0 Å². The van der Waals surface area contributed by atoms with Crippen molar-refractivity contribution < 1.29 is 0 Å². The third-order valence-electron chi connectivity index (χ3n) is 3.62. The van der Waals surface area contributed by atoms with Gasteiger partial charge in [-0.3, -0.25) is 4.90 Å². The second kappa shape index (κ2) is 3.58. The fourth-order valence-corrected chi connectivity index (χ4v) is 2.63. The Labute approximate surface area is 81.7 Å². The Bertz CT molecular complexity index is 175. The molecule has 1 atom stereocenters. The van der Waals surface area contributed by atoms with Crippen LogP contribution in [0.2, 0.25) is 0 Å². The number of hydrogen-bond acceptors (Lipinski definition) is 2. The largest absolute Gasteiger partial charge is 0.312 e. The van der Waals surface area contributed by atoms with Crippen LogP contribution in [0.4, 0.5) is 0 Å². The maximum Gasteiger partial charge on any atom is 0.0167 e. The smallest absolute Gasteiger partial charge is 0.0167 e. The topological polar surface area (TPSA) is 15.3 Å². The van der Waals surface area contributed by atoms with Gasteiger partial charge in [0, 0.05) is 32.2 Å². The SMILES string of the molecule is CC1CN(CC2(C)CCC2)CCN1. The van der Waals surface area contributed by atoms with E-state index in [1.165, 1.54) is 45.4 Å². The van der Waals surface area contributed by atoms with Crippen molar-refractivity contribution in [1.82, 2.24) is 10.2 Å². The molecule has 76 valence electrons. The van der Waals surface area contributed by atoms with Crippen LogP contribution < -0.4 is 5.32 Å². The van der Waals surface area contributed by atoms with E-state index in [2.05, 4.69) is 24.1 Å². The highest BCUT2D eigenvalue weighted by atomic mass is 15.2. The fourth-order valence-electron chi connectivity index (χ4n) is 2.63. The Balaban J connectivity index is 1.80. The summed E-state index contributed by atoms with van der Waals surface area (Å²) in [4.78, 5) is 2.64. The molecule has 0 aromatic heterocycles. The number of nitrogens with one attached hydrogen (secondary N) is 1. The lowest BCUT2D eigenvalue weighted by atomic mass is 9.70. The quantitative estimate of drug-likeness (QED) is 0.695. The second-order valence-corrected chi connectivity index (χ2v) is 5.25. The molecule has 2 heteroatoms. The lowest BCUT2D eigenvalue weighted by Gasteiger charge is -2.44. The minimum atomic E-state index is 0.664. The molecule has 0 aromatic rings. The summed E-state index contributed by atoms with van der Waals surface area (Å²) >= 11 is 0. The van der Waals surface area contributed by atoms with E-state index in [0.717, 1.165) is 0 Å². The van der Waals surface area contributed by atoms with Crippen molar-refractivity contribution in [3.8, 4) is 0 Å². The molecular formula is C11H22N2. The molecule has 0 radical (unpaired) electrons. The first kappa shape index (κ1) is 9.47. The lowest BCUT2D eigenvalue weighted by molar-refractivity contribution is 0.0698. The summed E-state index contributed by atoms with van der Waals surface area (Å²) < 4.78 is 0. The summed E-state index contributed by atoms with van der Waals surface area (Å²) in [5.41, 5.74) is 0.664. The van der Waals surface area contributed by atoms with E-state index >= 15 is 0 Å². The second-order valence-electron chi connectivity index (χ2n) is 5.25. The van der Waals surface area contributed by atoms with Gasteiger partial charge in [-0.2, -0.15) is 0 Å². The van der Waals surface area contributed by atoms with Crippen molar-refractivity contribution in [3.63, 3.8) is 0 Å². The summed E-state index contributed by atoms with van der Waals surface area (Å²) in [5, 5.41) is 3.49. The van der Waals surface area contributed by atoms with Crippen molar-refractivity contribution in [2.75, 3.05) is 26.2 Å². The van der Waals surface area contributed by atoms with E-state index in [0.29, 0.717) is 11.5 Å². The summed E-state index contributed by atoms with van der Waals surface area (Å²) in [5.74, 6) is 0. The number of nitrogens with zero attached hydrogens (tertiary/aromatic N) is 1. The molecule has 0 bridgehead atoms. The van der Waals surface area contributed by atoms with Crippen LogP contribution in [-0.2, 0) is 0 Å². The van der Waals surface area contributed by atoms with E-state index in [-0.39, 0.29) is 0 Å². The molecular weight excluding hydrogens is 160 g/mol. The van der Waals surface area contributed by atoms with Crippen LogP contribution in [0.15, 0.2) is 0 Å². The molecule has 0 spiro atoms. The zero-order valence-corrected chi connectivity index (χ0v) is 8.97. The number of hydrogen-bond donors (Lipinski definition) is 1. The molecule has 2 nitrogen and oxygen atoms in total. The summed E-state index contributed by atoms with van der Waals surface area (Å²) in [6.07, 6.45) is 4.36. The van der Waals surface area contributed by atoms with Gasteiger partial charge >= 0.3 is 0 Å². The van der Waals surface area contributed by atoms with E-state index < -0.39 is 0 Å². The molecule has 1 N–H and O–H groups in total. The van der Waals surface area contributed by atoms with Crippen LogP contribution in [0.1, 0.15) is 33.1 Å². The summed E-state index contributed by atoms with van der Waals surface area (Å²) in [7, 11) is 0. The minimum absolute atomic E-state index is 0.664. The van der Waals surface area contributed by atoms with Gasteiger partial charge in [0.25, 0.3) is 0 Å². The standard InChI is InChI=1S/C11H22N2/c1-10-8-13(7-6-12-10)9-11(2)4-3-5-11/h10,12H,3-9H2,1-2H3. The first-order valence-corrected chi connectivity index (χ1v) is 5.64. The Kier molecular flexibility index (Phi) is 2.61. The minimum Gasteiger partial charge on any atom is -0.312 e. The Morgan fingerprint density at radius 2 is 2.23 bits per heavy atom. The highest BCUT2D eigenvalue weighted by Gasteiger charge is 2.34. The van der Waals surface area contributed by atoms with Gasteiger partial charge in [0.05, 0.1) is 0 Å². The van der Waals surface area contributed by atoms with Crippen LogP contribution in [0.5, 0.6) is 0 Å². The van der Waals surface area contributed by atoms with Crippen LogP contribution >= 0.6 is 0 Å². The maximum absolute atomic E-state index is 3.49. The monoisotopic (exact) mass is 182 g/mol. The predicted molar refractivity (Wildman–Crippen MR) is 55.9 cm³/mol. The number of piperazine rings is 1. The summed E-state index contributed by atoms with van der Waals surface area (Å²) in [6.45, 7) is 9.74. The Morgan fingerprint density at radius 3 is 2.77 bits per heavy atom. The van der Waals surface area contributed by atoms with E-state index in [4.69, 9.17) is 0 Å². The molecule has 1 aliphatic carbocycles. The van der Waals surface area contributed by atoms with Crippen LogP contribution in [0.25, 0.3) is 0 Å². The zero-order chi connectivity index (χ0) is 9.31. The lowest BCUT2D eigenvalue weighted by Crippen LogP contribution is -2.52. The highest BCUT2D eigenvalue weighted by molar-refractivity contribution is 4.88. The van der Waals surface area contributed by atoms with Gasteiger partial charge in [-0.15, -0.1) is 0 Å². The summed E-state index contributed by atoms with van der Waals surface area (Å²) in [6, 6.07) is 0.692. The van der Waals surface area contributed by atoms with Gasteiger partial charge in [0.2, 0.25) is 0 Å². The van der Waals surface area contributed by atoms with Crippen molar-refractivity contribution in [1.29, 1.82) is 0 Å². The number of rotatable bonds is 2. The van der Waals surface area contributed by atoms with Gasteiger partial charge in [0.1, 0.15) is 0 Å². The van der Waals surface area contributed by atoms with E-state index in [1.807, 2.05) is 0 Å². The van der Waals surface area contributed by atoms with Gasteiger partial charge < -0.3 is 5.32 Å². The predicted octanol–water partition coefficient (Wildman–Crippen LogP) is 1.47. The molecule has 2 rings (SSSR count). The van der Waals surface area contributed by atoms with Crippen LogP contribution in [-0.4, -0.2) is 37.1 Å². The van der Waals surface area contributed by atoms with E-state index in [1.54, 1.807) is 0 Å². The van der Waals surface area contributed by atoms with Crippen LogP contribution in [0.3, 0.4) is 0 Å². The average molecular weight is 182 g/mol. The zero-order valence-electron chi connectivity index (χ0n) is 8.97. The van der Waals surface area contributed by atoms with Gasteiger partial charge in [-0.1, -0.05) is 13.3 Å². The van der Waals surface area contributed by atoms with Gasteiger partial charge in [-0.25, -0.2) is 0 Å². The molecule has 1 heterocycles. The molecule has 2 fully saturated rings. The Morgan fingerprint density at radius 1 is 1.46 bits per heavy atom. The first-order valence-electron chi connectivity index (χ1n) is 5.64. The highest BCUT2D eigenvalue weighted by Crippen LogP contribution is 2.40. The molecule has 0 amide bonds. The van der Waals surface area contributed by atoms with Crippen molar-refractivity contribution in [2.45, 2.75) is 39.2 Å². The third-order valence-corrected chi connectivity index (χ3v) is 3.62. The first-order chi connectivity index (χ1) is 6.18. The third kappa shape index (κ3) is 2.23. The molecule has 13 heavy (non-hydrogen) atoms. The Hall–Kier alpha value is -0.0800. The molecule has 1 saturated carbocycles. The molecule has 1 saturated heterocycles. The van der Waals surface area contributed by atoms with E-state index in [9.17, 15) is 0 Å². The molecule has 1 unspecified atom stereocenters. The fraction of sp³-hybridized carbons (Fsp3) is 1.00. The maximum atomic E-state index is 3.49. The van der Waals surface area contributed by atoms with Crippen molar-refractivity contribution in [2.24, 2.45) is 5.41 Å². The van der Waals surface area contributed by atoms with Gasteiger partial charge in [-0.05, 0) is 25.2 Å². The molecule has 1 aliphatic heterocycles. The van der Waals surface area contributed by atoms with Crippen LogP contribution in [0, 0.1) is 5.41 Å². The molecule has 2 aliphatic rings. The van der Waals surface area contributed by atoms with Gasteiger partial charge in [0.15, 0.2) is 0 Å². The normalized spacial score (nSPS) is 34.2. The average Bonchev–Trinajstić information content (AvgIpc) is 2.01.